The molecular formula is C10H23NO4S. The second kappa shape index (κ2) is 6.54. The Bertz CT molecular complexity index is 287. The minimum atomic E-state index is -2.98. The summed E-state index contributed by atoms with van der Waals surface area (Å²) in [6.45, 7) is 4.32. The molecule has 0 aromatic heterocycles. The van der Waals surface area contributed by atoms with Gasteiger partial charge in [-0.3, -0.25) is 0 Å². The van der Waals surface area contributed by atoms with E-state index in [4.69, 9.17) is 4.74 Å². The van der Waals surface area contributed by atoms with Gasteiger partial charge in [-0.1, -0.05) is 0 Å². The summed E-state index contributed by atoms with van der Waals surface area (Å²) < 4.78 is 26.9. The van der Waals surface area contributed by atoms with Crippen molar-refractivity contribution in [2.45, 2.75) is 31.9 Å². The molecule has 0 aromatic rings. The van der Waals surface area contributed by atoms with Gasteiger partial charge in [-0.25, -0.2) is 8.42 Å². The fourth-order valence-corrected chi connectivity index (χ4v) is 2.34. The molecule has 0 spiro atoms. The van der Waals surface area contributed by atoms with Gasteiger partial charge in [-0.05, 0) is 13.8 Å². The molecule has 0 aliphatic heterocycles. The molecule has 0 rings (SSSR count). The average Bonchev–Trinajstić information content (AvgIpc) is 2.09. The van der Waals surface area contributed by atoms with Crippen LogP contribution in [0.15, 0.2) is 0 Å². The minimum Gasteiger partial charge on any atom is -0.389 e. The molecule has 0 bridgehead atoms. The smallest absolute Gasteiger partial charge is 0.148 e. The van der Waals surface area contributed by atoms with Gasteiger partial charge in [-0.15, -0.1) is 0 Å². The van der Waals surface area contributed by atoms with Crippen molar-refractivity contribution in [1.82, 2.24) is 5.32 Å². The van der Waals surface area contributed by atoms with E-state index in [1.54, 1.807) is 21.0 Å². The number of methoxy groups -OCH3 is 1. The first-order valence-corrected chi connectivity index (χ1v) is 7.35. The van der Waals surface area contributed by atoms with E-state index in [0.29, 0.717) is 19.6 Å². The van der Waals surface area contributed by atoms with Crippen LogP contribution in [0.25, 0.3) is 0 Å². The Morgan fingerprint density at radius 1 is 1.50 bits per heavy atom. The van der Waals surface area contributed by atoms with E-state index in [1.165, 1.54) is 6.26 Å². The van der Waals surface area contributed by atoms with Crippen LogP contribution < -0.4 is 5.32 Å². The predicted octanol–water partition coefficient (Wildman–Crippen LogP) is -0.203. The summed E-state index contributed by atoms with van der Waals surface area (Å²) in [5.74, 6) is 0.0767. The van der Waals surface area contributed by atoms with Crippen molar-refractivity contribution < 1.29 is 18.3 Å². The molecule has 6 heteroatoms. The van der Waals surface area contributed by atoms with Crippen LogP contribution in [-0.2, 0) is 14.6 Å². The van der Waals surface area contributed by atoms with Crippen LogP contribution in [0.5, 0.6) is 0 Å². The summed E-state index contributed by atoms with van der Waals surface area (Å²) >= 11 is 0. The highest BCUT2D eigenvalue weighted by Gasteiger charge is 2.21. The van der Waals surface area contributed by atoms with Crippen molar-refractivity contribution >= 4 is 9.84 Å². The van der Waals surface area contributed by atoms with Gasteiger partial charge < -0.3 is 15.2 Å². The zero-order valence-corrected chi connectivity index (χ0v) is 11.3. The van der Waals surface area contributed by atoms with Crippen LogP contribution in [0.1, 0.15) is 20.3 Å². The van der Waals surface area contributed by atoms with Crippen LogP contribution in [-0.4, -0.2) is 57.4 Å². The first kappa shape index (κ1) is 15.8. The molecule has 0 saturated carbocycles. The van der Waals surface area contributed by atoms with Crippen molar-refractivity contribution in [3.63, 3.8) is 0 Å². The van der Waals surface area contributed by atoms with Crippen molar-refractivity contribution in [3.8, 4) is 0 Å². The van der Waals surface area contributed by atoms with Crippen LogP contribution in [0.2, 0.25) is 0 Å². The molecule has 2 N–H and O–H groups in total. The zero-order chi connectivity index (χ0) is 12.8. The Kier molecular flexibility index (Phi) is 6.47. The average molecular weight is 253 g/mol. The quantitative estimate of drug-likeness (QED) is 0.626. The van der Waals surface area contributed by atoms with E-state index in [-0.39, 0.29) is 11.8 Å². The third kappa shape index (κ3) is 9.08. The lowest BCUT2D eigenvalue weighted by molar-refractivity contribution is 0.0236. The van der Waals surface area contributed by atoms with Gasteiger partial charge in [0, 0.05) is 39.0 Å². The highest BCUT2D eigenvalue weighted by atomic mass is 32.2. The first-order valence-electron chi connectivity index (χ1n) is 5.29. The van der Waals surface area contributed by atoms with Crippen LogP contribution in [0.3, 0.4) is 0 Å². The normalized spacial score (nSPS) is 18.1. The fourth-order valence-electron chi connectivity index (χ4n) is 1.32. The molecule has 98 valence electrons. The third-order valence-electron chi connectivity index (χ3n) is 2.23. The highest BCUT2D eigenvalue weighted by molar-refractivity contribution is 7.90. The lowest BCUT2D eigenvalue weighted by atomic mass is 10.0. The summed E-state index contributed by atoms with van der Waals surface area (Å²) in [7, 11) is -1.40. The standard InChI is InChI=1S/C10H23NO4S/c1-9(7-16(4,13)14)11-8-10(2,12)5-6-15-3/h9,11-12H,5-8H2,1-4H3. The molecule has 0 radical (unpaired) electrons. The van der Waals surface area contributed by atoms with E-state index in [9.17, 15) is 13.5 Å². The molecule has 0 aliphatic rings. The number of hydrogen-bond acceptors (Lipinski definition) is 5. The topological polar surface area (TPSA) is 75.6 Å². The van der Waals surface area contributed by atoms with Crippen molar-refractivity contribution in [2.75, 3.05) is 32.3 Å². The van der Waals surface area contributed by atoms with Gasteiger partial charge in [0.15, 0.2) is 0 Å². The highest BCUT2D eigenvalue weighted by Crippen LogP contribution is 2.08. The van der Waals surface area contributed by atoms with Gasteiger partial charge in [0.05, 0.1) is 11.4 Å². The molecule has 0 amide bonds. The monoisotopic (exact) mass is 253 g/mol. The van der Waals surface area contributed by atoms with E-state index < -0.39 is 15.4 Å². The number of rotatable bonds is 8. The van der Waals surface area contributed by atoms with Gasteiger partial charge in [0.2, 0.25) is 0 Å². The maximum absolute atomic E-state index is 11.0. The summed E-state index contributed by atoms with van der Waals surface area (Å²) in [5.41, 5.74) is -0.873. The Hall–Kier alpha value is -0.170. The Balaban J connectivity index is 3.94. The Morgan fingerprint density at radius 3 is 2.50 bits per heavy atom. The maximum Gasteiger partial charge on any atom is 0.148 e. The molecule has 2 unspecified atom stereocenters. The summed E-state index contributed by atoms with van der Waals surface area (Å²) in [4.78, 5) is 0. The van der Waals surface area contributed by atoms with Crippen LogP contribution in [0, 0.1) is 0 Å². The molecule has 0 aromatic carbocycles. The molecule has 0 saturated heterocycles. The number of sulfone groups is 1. The number of hydrogen-bond donors (Lipinski definition) is 2. The molecule has 0 aliphatic carbocycles. The van der Waals surface area contributed by atoms with Gasteiger partial charge in [0.25, 0.3) is 0 Å². The fraction of sp³-hybridized carbons (Fsp3) is 1.00. The predicted molar refractivity (Wildman–Crippen MR) is 64.3 cm³/mol. The molecule has 0 heterocycles. The van der Waals surface area contributed by atoms with E-state index in [1.807, 2.05) is 0 Å². The molecule has 16 heavy (non-hydrogen) atoms. The van der Waals surface area contributed by atoms with Crippen molar-refractivity contribution in [3.05, 3.63) is 0 Å². The van der Waals surface area contributed by atoms with Crippen molar-refractivity contribution in [2.24, 2.45) is 0 Å². The van der Waals surface area contributed by atoms with Gasteiger partial charge in [0.1, 0.15) is 9.84 Å². The lowest BCUT2D eigenvalue weighted by Crippen LogP contribution is -2.44. The lowest BCUT2D eigenvalue weighted by Gasteiger charge is -2.25. The number of aliphatic hydroxyl groups is 1. The molecule has 0 fully saturated rings. The van der Waals surface area contributed by atoms with Crippen molar-refractivity contribution in [1.29, 1.82) is 0 Å². The van der Waals surface area contributed by atoms with Gasteiger partial charge >= 0.3 is 0 Å². The molecule has 5 nitrogen and oxygen atoms in total. The zero-order valence-electron chi connectivity index (χ0n) is 10.5. The third-order valence-corrected chi connectivity index (χ3v) is 3.33. The first-order chi connectivity index (χ1) is 7.16. The largest absolute Gasteiger partial charge is 0.389 e. The van der Waals surface area contributed by atoms with E-state index in [0.717, 1.165) is 0 Å². The second-order valence-corrected chi connectivity index (χ2v) is 6.80. The summed E-state index contributed by atoms with van der Waals surface area (Å²) in [6, 6.07) is -0.163. The van der Waals surface area contributed by atoms with Gasteiger partial charge in [-0.2, -0.15) is 0 Å². The Morgan fingerprint density at radius 2 is 2.06 bits per heavy atom. The molecule has 2 atom stereocenters. The van der Waals surface area contributed by atoms with E-state index in [2.05, 4.69) is 5.32 Å². The number of ether oxygens (including phenoxy) is 1. The minimum absolute atomic E-state index is 0.0767. The maximum atomic E-state index is 11.0. The SMILES string of the molecule is COCCC(C)(O)CNC(C)CS(C)(=O)=O. The molecular weight excluding hydrogens is 230 g/mol. The van der Waals surface area contributed by atoms with Crippen LogP contribution >= 0.6 is 0 Å². The summed E-state index contributed by atoms with van der Waals surface area (Å²) in [6.07, 6.45) is 1.72. The summed E-state index contributed by atoms with van der Waals surface area (Å²) in [5, 5.41) is 12.9. The second-order valence-electron chi connectivity index (χ2n) is 4.61. The Labute approximate surface area is 98.1 Å². The van der Waals surface area contributed by atoms with Crippen LogP contribution in [0.4, 0.5) is 0 Å². The van der Waals surface area contributed by atoms with E-state index >= 15 is 0 Å². The number of nitrogens with one attached hydrogen (secondary N) is 1.